The van der Waals surface area contributed by atoms with Crippen LogP contribution in [0.25, 0.3) is 16.7 Å². The van der Waals surface area contributed by atoms with Crippen molar-refractivity contribution < 1.29 is 0 Å². The topological polar surface area (TPSA) is 29.9 Å². The molecule has 1 heterocycles. The maximum atomic E-state index is 4.63. The zero-order valence-electron chi connectivity index (χ0n) is 15.2. The molecule has 0 fully saturated rings. The van der Waals surface area contributed by atoms with E-state index in [0.29, 0.717) is 0 Å². The number of hydrogen-bond donors (Lipinski definition) is 1. The van der Waals surface area contributed by atoms with Crippen molar-refractivity contribution in [2.45, 2.75) is 26.8 Å². The minimum atomic E-state index is 0.817. The van der Waals surface area contributed by atoms with Gasteiger partial charge in [-0.05, 0) is 54.3 Å². The van der Waals surface area contributed by atoms with Gasteiger partial charge in [0.25, 0.3) is 0 Å². The summed E-state index contributed by atoms with van der Waals surface area (Å²) < 4.78 is 2.18. The Morgan fingerprint density at radius 2 is 1.69 bits per heavy atom. The molecule has 0 saturated carbocycles. The number of hydrogen-bond acceptors (Lipinski definition) is 2. The molecular formula is C23H23N3. The molecule has 3 nitrogen and oxygen atoms in total. The molecule has 0 spiro atoms. The number of nitrogens with zero attached hydrogens (tertiary/aromatic N) is 2. The highest BCUT2D eigenvalue weighted by atomic mass is 15.1. The molecule has 4 rings (SSSR count). The fourth-order valence-electron chi connectivity index (χ4n) is 3.37. The van der Waals surface area contributed by atoms with Gasteiger partial charge in [0.05, 0.1) is 16.7 Å². The number of anilines is 1. The molecular weight excluding hydrogens is 318 g/mol. The first-order valence-corrected chi connectivity index (χ1v) is 9.10. The average molecular weight is 341 g/mol. The minimum Gasteiger partial charge on any atom is -0.381 e. The third-order valence-corrected chi connectivity index (χ3v) is 4.92. The van der Waals surface area contributed by atoms with E-state index in [4.69, 9.17) is 0 Å². The van der Waals surface area contributed by atoms with Crippen LogP contribution in [0.3, 0.4) is 0 Å². The maximum Gasteiger partial charge on any atom is 0.100 e. The molecule has 0 unspecified atom stereocenters. The Balaban J connectivity index is 1.62. The number of para-hydroxylation sites is 1. The summed E-state index contributed by atoms with van der Waals surface area (Å²) in [6.45, 7) is 5.15. The van der Waals surface area contributed by atoms with E-state index >= 15 is 0 Å². The normalized spacial score (nSPS) is 11.0. The van der Waals surface area contributed by atoms with E-state index in [0.717, 1.165) is 29.7 Å². The Kier molecular flexibility index (Phi) is 4.44. The Hall–Kier alpha value is -3.07. The number of rotatable bonds is 5. The molecule has 3 heteroatoms. The summed E-state index contributed by atoms with van der Waals surface area (Å²) >= 11 is 0. The van der Waals surface area contributed by atoms with Crippen LogP contribution >= 0.6 is 0 Å². The molecule has 0 saturated heterocycles. The molecule has 1 N–H and O–H groups in total. The summed E-state index contributed by atoms with van der Waals surface area (Å²) in [4.78, 5) is 4.63. The molecule has 0 aliphatic rings. The zero-order valence-corrected chi connectivity index (χ0v) is 15.2. The van der Waals surface area contributed by atoms with Crippen molar-refractivity contribution in [1.29, 1.82) is 0 Å². The Morgan fingerprint density at radius 3 is 2.50 bits per heavy atom. The van der Waals surface area contributed by atoms with Crippen LogP contribution in [0.5, 0.6) is 0 Å². The second-order valence-electron chi connectivity index (χ2n) is 6.58. The zero-order chi connectivity index (χ0) is 17.9. The van der Waals surface area contributed by atoms with Crippen LogP contribution in [0.2, 0.25) is 0 Å². The van der Waals surface area contributed by atoms with Crippen molar-refractivity contribution in [2.24, 2.45) is 0 Å². The number of nitrogens with one attached hydrogen (secondary N) is 1. The van der Waals surface area contributed by atoms with Gasteiger partial charge in [0.1, 0.15) is 6.33 Å². The van der Waals surface area contributed by atoms with Crippen LogP contribution < -0.4 is 5.32 Å². The number of aromatic nitrogens is 2. The Labute approximate surface area is 154 Å². The van der Waals surface area contributed by atoms with Gasteiger partial charge in [-0.15, -0.1) is 0 Å². The predicted octanol–water partition coefficient (Wildman–Crippen LogP) is 5.51. The van der Waals surface area contributed by atoms with Crippen LogP contribution in [0.15, 0.2) is 73.1 Å². The lowest BCUT2D eigenvalue weighted by atomic mass is 10.1. The van der Waals surface area contributed by atoms with Crippen molar-refractivity contribution in [3.8, 4) is 5.69 Å². The third kappa shape index (κ3) is 3.08. The van der Waals surface area contributed by atoms with Crippen molar-refractivity contribution >= 4 is 16.7 Å². The summed E-state index contributed by atoms with van der Waals surface area (Å²) in [5.41, 5.74) is 8.39. The van der Waals surface area contributed by atoms with Crippen molar-refractivity contribution in [3.05, 3.63) is 89.7 Å². The van der Waals surface area contributed by atoms with Crippen molar-refractivity contribution in [3.63, 3.8) is 0 Å². The van der Waals surface area contributed by atoms with Crippen LogP contribution in [0.4, 0.5) is 5.69 Å². The van der Waals surface area contributed by atoms with Crippen LogP contribution in [-0.4, -0.2) is 9.55 Å². The third-order valence-electron chi connectivity index (χ3n) is 4.92. The highest BCUT2D eigenvalue weighted by Gasteiger charge is 2.08. The van der Waals surface area contributed by atoms with E-state index in [1.54, 1.807) is 0 Å². The molecule has 0 bridgehead atoms. The largest absolute Gasteiger partial charge is 0.381 e. The number of imidazole rings is 1. The van der Waals surface area contributed by atoms with E-state index < -0.39 is 0 Å². The molecule has 26 heavy (non-hydrogen) atoms. The summed E-state index contributed by atoms with van der Waals surface area (Å²) in [5.74, 6) is 0. The first-order valence-electron chi connectivity index (χ1n) is 9.10. The van der Waals surface area contributed by atoms with Gasteiger partial charge in [0, 0.05) is 12.2 Å². The van der Waals surface area contributed by atoms with Gasteiger partial charge in [0.2, 0.25) is 0 Å². The molecule has 0 atom stereocenters. The van der Waals surface area contributed by atoms with Crippen LogP contribution in [0, 0.1) is 6.92 Å². The van der Waals surface area contributed by atoms with Crippen LogP contribution in [0.1, 0.15) is 23.6 Å². The van der Waals surface area contributed by atoms with E-state index in [9.17, 15) is 0 Å². The number of fused-ring (bicyclic) bond motifs is 1. The highest BCUT2D eigenvalue weighted by Crippen LogP contribution is 2.24. The second kappa shape index (κ2) is 7.04. The minimum absolute atomic E-state index is 0.817. The molecule has 0 aliphatic carbocycles. The number of aryl methyl sites for hydroxylation is 2. The molecule has 4 aromatic rings. The van der Waals surface area contributed by atoms with E-state index in [1.807, 2.05) is 6.33 Å². The lowest BCUT2D eigenvalue weighted by Gasteiger charge is -2.11. The molecule has 0 aliphatic heterocycles. The summed E-state index contributed by atoms with van der Waals surface area (Å²) in [6.07, 6.45) is 2.93. The van der Waals surface area contributed by atoms with Gasteiger partial charge in [-0.1, -0.05) is 49.4 Å². The summed E-state index contributed by atoms with van der Waals surface area (Å²) in [5, 5.41) is 3.52. The fourth-order valence-corrected chi connectivity index (χ4v) is 3.37. The molecule has 0 radical (unpaired) electrons. The molecule has 130 valence electrons. The summed E-state index contributed by atoms with van der Waals surface area (Å²) in [7, 11) is 0. The van der Waals surface area contributed by atoms with Crippen LogP contribution in [-0.2, 0) is 13.0 Å². The standard InChI is InChI=1S/C23H23N3/c1-3-18-9-6-7-11-22(18)26-16-25-21-14-20(12-13-23(21)26)24-15-19-10-5-4-8-17(19)2/h4-14,16,24H,3,15H2,1-2H3. The van der Waals surface area contributed by atoms with E-state index in [2.05, 4.69) is 95.4 Å². The summed E-state index contributed by atoms with van der Waals surface area (Å²) in [6, 6.07) is 23.4. The van der Waals surface area contributed by atoms with Crippen molar-refractivity contribution in [2.75, 3.05) is 5.32 Å². The second-order valence-corrected chi connectivity index (χ2v) is 6.58. The van der Waals surface area contributed by atoms with Gasteiger partial charge in [-0.3, -0.25) is 4.57 Å². The van der Waals surface area contributed by atoms with Gasteiger partial charge < -0.3 is 5.32 Å². The quantitative estimate of drug-likeness (QED) is 0.519. The fraction of sp³-hybridized carbons (Fsp3) is 0.174. The van der Waals surface area contributed by atoms with Gasteiger partial charge in [-0.2, -0.15) is 0 Å². The molecule has 1 aromatic heterocycles. The van der Waals surface area contributed by atoms with E-state index in [-0.39, 0.29) is 0 Å². The monoisotopic (exact) mass is 341 g/mol. The Bertz CT molecular complexity index is 1050. The van der Waals surface area contributed by atoms with Gasteiger partial charge >= 0.3 is 0 Å². The first kappa shape index (κ1) is 16.4. The van der Waals surface area contributed by atoms with E-state index in [1.165, 1.54) is 22.4 Å². The average Bonchev–Trinajstić information content (AvgIpc) is 3.10. The maximum absolute atomic E-state index is 4.63. The van der Waals surface area contributed by atoms with Gasteiger partial charge in [-0.25, -0.2) is 4.98 Å². The van der Waals surface area contributed by atoms with Gasteiger partial charge in [0.15, 0.2) is 0 Å². The van der Waals surface area contributed by atoms with Crippen molar-refractivity contribution in [1.82, 2.24) is 9.55 Å². The Morgan fingerprint density at radius 1 is 0.923 bits per heavy atom. The molecule has 0 amide bonds. The lowest BCUT2D eigenvalue weighted by molar-refractivity contribution is 1.03. The highest BCUT2D eigenvalue weighted by molar-refractivity contribution is 5.81. The number of benzene rings is 3. The SMILES string of the molecule is CCc1ccccc1-n1cnc2cc(NCc3ccccc3C)ccc21. The first-order chi connectivity index (χ1) is 12.8. The lowest BCUT2D eigenvalue weighted by Crippen LogP contribution is -2.01. The molecule has 3 aromatic carbocycles. The predicted molar refractivity (Wildman–Crippen MR) is 109 cm³/mol. The smallest absolute Gasteiger partial charge is 0.100 e.